The molecule has 16 heavy (non-hydrogen) atoms. The van der Waals surface area contributed by atoms with Gasteiger partial charge in [-0.15, -0.1) is 0 Å². The Kier molecular flexibility index (Phi) is 4.13. The summed E-state index contributed by atoms with van der Waals surface area (Å²) in [5.74, 6) is 1.08. The molecule has 4 heteroatoms. The highest BCUT2D eigenvalue weighted by Crippen LogP contribution is 2.13. The smallest absolute Gasteiger partial charge is 0.128 e. The maximum absolute atomic E-state index is 5.34. The summed E-state index contributed by atoms with van der Waals surface area (Å²) in [4.78, 5) is 6.95. The quantitative estimate of drug-likeness (QED) is 0.811. The molecule has 4 nitrogen and oxygen atoms in total. The second kappa shape index (κ2) is 5.82. The Balaban J connectivity index is 2.02. The molecule has 0 amide bonds. The minimum Gasteiger partial charge on any atom is -0.378 e. The lowest BCUT2D eigenvalue weighted by atomic mass is 10.2. The Morgan fingerprint density at radius 2 is 2.19 bits per heavy atom. The van der Waals surface area contributed by atoms with Crippen LogP contribution in [0.2, 0.25) is 0 Å². The molecule has 1 saturated heterocycles. The fourth-order valence-electron chi connectivity index (χ4n) is 1.83. The van der Waals surface area contributed by atoms with Gasteiger partial charge in [0.05, 0.1) is 13.2 Å². The molecule has 0 aliphatic carbocycles. The van der Waals surface area contributed by atoms with Crippen LogP contribution >= 0.6 is 0 Å². The van der Waals surface area contributed by atoms with Gasteiger partial charge in [0.25, 0.3) is 0 Å². The first-order valence-electron chi connectivity index (χ1n) is 5.83. The van der Waals surface area contributed by atoms with Gasteiger partial charge < -0.3 is 15.0 Å². The van der Waals surface area contributed by atoms with Crippen molar-refractivity contribution in [3.63, 3.8) is 0 Å². The van der Waals surface area contributed by atoms with Crippen LogP contribution < -0.4 is 10.2 Å². The van der Waals surface area contributed by atoms with Gasteiger partial charge in [0.1, 0.15) is 5.82 Å². The third-order valence-electron chi connectivity index (χ3n) is 2.76. The van der Waals surface area contributed by atoms with Gasteiger partial charge in [0.2, 0.25) is 0 Å². The van der Waals surface area contributed by atoms with E-state index in [4.69, 9.17) is 4.74 Å². The Hall–Kier alpha value is -1.13. The van der Waals surface area contributed by atoms with E-state index in [9.17, 15) is 0 Å². The fourth-order valence-corrected chi connectivity index (χ4v) is 1.83. The number of nitrogens with zero attached hydrogens (tertiary/aromatic N) is 2. The zero-order chi connectivity index (χ0) is 11.2. The third kappa shape index (κ3) is 2.93. The van der Waals surface area contributed by atoms with Crippen LogP contribution in [0, 0.1) is 0 Å². The normalized spacial score (nSPS) is 16.4. The van der Waals surface area contributed by atoms with E-state index in [-0.39, 0.29) is 0 Å². The van der Waals surface area contributed by atoms with E-state index >= 15 is 0 Å². The Morgan fingerprint density at radius 3 is 2.94 bits per heavy atom. The van der Waals surface area contributed by atoms with Gasteiger partial charge in [0, 0.05) is 31.7 Å². The summed E-state index contributed by atoms with van der Waals surface area (Å²) in [5, 5.41) is 3.14. The first kappa shape index (κ1) is 11.4. The molecule has 0 saturated carbocycles. The Labute approximate surface area is 96.6 Å². The summed E-state index contributed by atoms with van der Waals surface area (Å²) in [7, 11) is 1.96. The molecule has 0 aromatic carbocycles. The predicted octanol–water partition coefficient (Wildman–Crippen LogP) is 0.680. The largest absolute Gasteiger partial charge is 0.378 e. The summed E-state index contributed by atoms with van der Waals surface area (Å²) in [5.41, 5.74) is 1.15. The van der Waals surface area contributed by atoms with Crippen molar-refractivity contribution in [3.8, 4) is 0 Å². The highest BCUT2D eigenvalue weighted by atomic mass is 16.5. The number of hydrogen-bond donors (Lipinski definition) is 1. The van der Waals surface area contributed by atoms with E-state index in [1.165, 1.54) is 0 Å². The van der Waals surface area contributed by atoms with Crippen molar-refractivity contribution in [2.45, 2.75) is 6.42 Å². The van der Waals surface area contributed by atoms with Gasteiger partial charge in [-0.25, -0.2) is 4.98 Å². The molecule has 1 aromatic rings. The summed E-state index contributed by atoms with van der Waals surface area (Å²) in [6.45, 7) is 4.48. The van der Waals surface area contributed by atoms with Crippen LogP contribution in [0.25, 0.3) is 0 Å². The van der Waals surface area contributed by atoms with Crippen LogP contribution in [-0.2, 0) is 11.2 Å². The molecule has 0 spiro atoms. The van der Waals surface area contributed by atoms with E-state index < -0.39 is 0 Å². The maximum atomic E-state index is 5.34. The van der Waals surface area contributed by atoms with Crippen molar-refractivity contribution in [1.29, 1.82) is 0 Å². The van der Waals surface area contributed by atoms with Crippen molar-refractivity contribution >= 4 is 5.82 Å². The fraction of sp³-hybridized carbons (Fsp3) is 0.583. The molecular weight excluding hydrogens is 202 g/mol. The summed E-state index contributed by atoms with van der Waals surface area (Å²) < 4.78 is 5.34. The average molecular weight is 221 g/mol. The standard InChI is InChI=1S/C12H19N3O/c1-13-6-5-11-3-2-4-12(14-11)15-7-9-16-10-8-15/h2-4,13H,5-10H2,1H3. The van der Waals surface area contributed by atoms with E-state index in [2.05, 4.69) is 33.4 Å². The van der Waals surface area contributed by atoms with E-state index in [1.54, 1.807) is 0 Å². The molecular formula is C12H19N3O. The number of rotatable bonds is 4. The van der Waals surface area contributed by atoms with Gasteiger partial charge in [-0.2, -0.15) is 0 Å². The number of likely N-dealkylation sites (N-methyl/N-ethyl adjacent to an activating group) is 1. The van der Waals surface area contributed by atoms with Crippen LogP contribution in [0.3, 0.4) is 0 Å². The molecule has 0 unspecified atom stereocenters. The minimum atomic E-state index is 0.808. The molecule has 1 aliphatic heterocycles. The van der Waals surface area contributed by atoms with Gasteiger partial charge in [-0.3, -0.25) is 0 Å². The van der Waals surface area contributed by atoms with Crippen LogP contribution in [0.4, 0.5) is 5.82 Å². The highest BCUT2D eigenvalue weighted by Gasteiger charge is 2.12. The van der Waals surface area contributed by atoms with Crippen molar-refractivity contribution in [2.24, 2.45) is 0 Å². The van der Waals surface area contributed by atoms with Gasteiger partial charge in [-0.05, 0) is 19.2 Å². The van der Waals surface area contributed by atoms with Crippen LogP contribution in [-0.4, -0.2) is 44.9 Å². The third-order valence-corrected chi connectivity index (χ3v) is 2.76. The average Bonchev–Trinajstić information content (AvgIpc) is 2.38. The van der Waals surface area contributed by atoms with Gasteiger partial charge >= 0.3 is 0 Å². The number of anilines is 1. The molecule has 2 rings (SSSR count). The molecule has 0 radical (unpaired) electrons. The second-order valence-corrected chi connectivity index (χ2v) is 3.94. The minimum absolute atomic E-state index is 0.808. The van der Waals surface area contributed by atoms with Crippen molar-refractivity contribution in [3.05, 3.63) is 23.9 Å². The molecule has 1 aliphatic rings. The molecule has 1 fully saturated rings. The van der Waals surface area contributed by atoms with Gasteiger partial charge in [-0.1, -0.05) is 6.07 Å². The van der Waals surface area contributed by atoms with Crippen molar-refractivity contribution < 1.29 is 4.74 Å². The summed E-state index contributed by atoms with van der Waals surface area (Å²) >= 11 is 0. The van der Waals surface area contributed by atoms with Gasteiger partial charge in [0.15, 0.2) is 0 Å². The second-order valence-electron chi connectivity index (χ2n) is 3.94. The molecule has 0 bridgehead atoms. The number of ether oxygens (including phenoxy) is 1. The van der Waals surface area contributed by atoms with E-state index in [1.807, 2.05) is 7.05 Å². The van der Waals surface area contributed by atoms with Crippen LogP contribution in [0.15, 0.2) is 18.2 Å². The lowest BCUT2D eigenvalue weighted by Crippen LogP contribution is -2.36. The number of hydrogen-bond acceptors (Lipinski definition) is 4. The SMILES string of the molecule is CNCCc1cccc(N2CCOCC2)n1. The van der Waals surface area contributed by atoms with Crippen molar-refractivity contribution in [1.82, 2.24) is 10.3 Å². The van der Waals surface area contributed by atoms with E-state index in [0.29, 0.717) is 0 Å². The molecule has 0 atom stereocenters. The monoisotopic (exact) mass is 221 g/mol. The number of pyridine rings is 1. The number of nitrogens with one attached hydrogen (secondary N) is 1. The molecule has 1 aromatic heterocycles. The van der Waals surface area contributed by atoms with Crippen molar-refractivity contribution in [2.75, 3.05) is 44.8 Å². The summed E-state index contributed by atoms with van der Waals surface area (Å²) in [6, 6.07) is 6.25. The maximum Gasteiger partial charge on any atom is 0.128 e. The summed E-state index contributed by atoms with van der Waals surface area (Å²) in [6.07, 6.45) is 0.981. The molecule has 1 N–H and O–H groups in total. The van der Waals surface area contributed by atoms with Crippen LogP contribution in [0.5, 0.6) is 0 Å². The topological polar surface area (TPSA) is 37.4 Å². The zero-order valence-electron chi connectivity index (χ0n) is 9.78. The first-order chi connectivity index (χ1) is 7.90. The number of aromatic nitrogens is 1. The Bertz CT molecular complexity index is 324. The zero-order valence-corrected chi connectivity index (χ0v) is 9.78. The van der Waals surface area contributed by atoms with Crippen LogP contribution in [0.1, 0.15) is 5.69 Å². The molecule has 2 heterocycles. The highest BCUT2D eigenvalue weighted by molar-refractivity contribution is 5.39. The van der Waals surface area contributed by atoms with E-state index in [0.717, 1.165) is 50.8 Å². The number of morpholine rings is 1. The lowest BCUT2D eigenvalue weighted by Gasteiger charge is -2.28. The molecule has 88 valence electrons. The first-order valence-corrected chi connectivity index (χ1v) is 5.83. The lowest BCUT2D eigenvalue weighted by molar-refractivity contribution is 0.122. The Morgan fingerprint density at radius 1 is 1.38 bits per heavy atom. The predicted molar refractivity (Wildman–Crippen MR) is 64.9 cm³/mol.